The zero-order valence-electron chi connectivity index (χ0n) is 8.24. The summed E-state index contributed by atoms with van der Waals surface area (Å²) in [5.41, 5.74) is 0.957. The number of aryl methyl sites for hydroxylation is 1. The van der Waals surface area contributed by atoms with Gasteiger partial charge in [0.05, 0.1) is 3.79 Å². The lowest BCUT2D eigenvalue weighted by Crippen LogP contribution is -2.25. The van der Waals surface area contributed by atoms with Crippen molar-refractivity contribution in [3.8, 4) is 0 Å². The van der Waals surface area contributed by atoms with Gasteiger partial charge in [0, 0.05) is 13.6 Å². The fourth-order valence-electron chi connectivity index (χ4n) is 0.882. The fraction of sp³-hybridized carbons (Fsp3) is 0.500. The zero-order chi connectivity index (χ0) is 10.9. The van der Waals surface area contributed by atoms with Crippen LogP contribution >= 0.6 is 27.3 Å². The highest BCUT2D eigenvalue weighted by molar-refractivity contribution is 9.11. The van der Waals surface area contributed by atoms with Crippen molar-refractivity contribution in [2.45, 2.75) is 18.1 Å². The van der Waals surface area contributed by atoms with E-state index in [2.05, 4.69) is 15.9 Å². The van der Waals surface area contributed by atoms with Crippen LogP contribution in [0.1, 0.15) is 12.5 Å². The van der Waals surface area contributed by atoms with Crippen molar-refractivity contribution in [1.82, 2.24) is 4.31 Å². The third-order valence-corrected chi connectivity index (χ3v) is 6.46. The predicted molar refractivity (Wildman–Crippen MR) is 62.2 cm³/mol. The minimum absolute atomic E-state index is 0.395. The van der Waals surface area contributed by atoms with Crippen molar-refractivity contribution < 1.29 is 8.42 Å². The molecule has 6 heteroatoms. The van der Waals surface area contributed by atoms with Gasteiger partial charge in [-0.2, -0.15) is 0 Å². The number of hydrogen-bond donors (Lipinski definition) is 0. The summed E-state index contributed by atoms with van der Waals surface area (Å²) in [6.45, 7) is 4.18. The Balaban J connectivity index is 3.17. The van der Waals surface area contributed by atoms with E-state index < -0.39 is 10.0 Å². The summed E-state index contributed by atoms with van der Waals surface area (Å²) in [5, 5.41) is 0. The van der Waals surface area contributed by atoms with Crippen molar-refractivity contribution in [2.75, 3.05) is 13.6 Å². The van der Waals surface area contributed by atoms with E-state index in [1.165, 1.54) is 15.6 Å². The Morgan fingerprint density at radius 3 is 2.50 bits per heavy atom. The van der Waals surface area contributed by atoms with Crippen LogP contribution < -0.4 is 0 Å². The Labute approximate surface area is 96.9 Å². The molecule has 14 heavy (non-hydrogen) atoms. The predicted octanol–water partition coefficient (Wildman–Crippen LogP) is 2.46. The van der Waals surface area contributed by atoms with E-state index in [0.29, 0.717) is 10.8 Å². The van der Waals surface area contributed by atoms with Crippen LogP contribution in [-0.2, 0) is 10.0 Å². The zero-order valence-corrected chi connectivity index (χ0v) is 11.5. The minimum atomic E-state index is -3.27. The third kappa shape index (κ3) is 2.18. The third-order valence-electron chi connectivity index (χ3n) is 1.94. The highest BCUT2D eigenvalue weighted by atomic mass is 79.9. The van der Waals surface area contributed by atoms with Gasteiger partial charge < -0.3 is 0 Å². The maximum Gasteiger partial charge on any atom is 0.252 e. The first-order valence-electron chi connectivity index (χ1n) is 4.12. The second kappa shape index (κ2) is 4.30. The van der Waals surface area contributed by atoms with Crippen LogP contribution in [0, 0.1) is 6.92 Å². The summed E-state index contributed by atoms with van der Waals surface area (Å²) < 4.78 is 26.3. The summed E-state index contributed by atoms with van der Waals surface area (Å²) in [6, 6.07) is 1.69. The van der Waals surface area contributed by atoms with Gasteiger partial charge in [-0.05, 0) is 34.5 Å². The molecule has 0 bridgehead atoms. The van der Waals surface area contributed by atoms with E-state index in [1.807, 2.05) is 13.8 Å². The van der Waals surface area contributed by atoms with Crippen LogP contribution in [0.5, 0.6) is 0 Å². The molecule has 3 nitrogen and oxygen atoms in total. The molecule has 0 aliphatic rings. The number of hydrogen-bond acceptors (Lipinski definition) is 3. The smallest absolute Gasteiger partial charge is 0.206 e. The minimum Gasteiger partial charge on any atom is -0.206 e. The quantitative estimate of drug-likeness (QED) is 0.859. The Kier molecular flexibility index (Phi) is 3.74. The first-order chi connectivity index (χ1) is 6.39. The fourth-order valence-corrected chi connectivity index (χ4v) is 4.50. The molecule has 1 heterocycles. The van der Waals surface area contributed by atoms with Gasteiger partial charge in [0.15, 0.2) is 0 Å². The van der Waals surface area contributed by atoms with Gasteiger partial charge in [-0.15, -0.1) is 11.3 Å². The van der Waals surface area contributed by atoms with Crippen LogP contribution in [0.25, 0.3) is 0 Å². The molecule has 0 N–H and O–H groups in total. The molecule has 0 unspecified atom stereocenters. The van der Waals surface area contributed by atoms with Crippen LogP contribution in [-0.4, -0.2) is 26.3 Å². The molecule has 0 spiro atoms. The molecule has 0 atom stereocenters. The highest BCUT2D eigenvalue weighted by Crippen LogP contribution is 2.31. The van der Waals surface area contributed by atoms with Crippen LogP contribution in [0.4, 0.5) is 0 Å². The standard InChI is InChI=1S/C8H12BrNO2S2/c1-4-10(3)14(11,12)7-5-6(2)8(9)13-7/h5H,4H2,1-3H3. The van der Waals surface area contributed by atoms with Crippen molar-refractivity contribution >= 4 is 37.3 Å². The van der Waals surface area contributed by atoms with Gasteiger partial charge in [-0.3, -0.25) is 0 Å². The number of rotatable bonds is 3. The molecule has 1 rings (SSSR count). The van der Waals surface area contributed by atoms with Crippen molar-refractivity contribution in [3.63, 3.8) is 0 Å². The molecule has 0 fully saturated rings. The average molecular weight is 298 g/mol. The molecule has 0 aliphatic heterocycles. The van der Waals surface area contributed by atoms with E-state index in [-0.39, 0.29) is 0 Å². The van der Waals surface area contributed by atoms with Gasteiger partial charge in [-0.1, -0.05) is 6.92 Å². The van der Waals surface area contributed by atoms with E-state index in [9.17, 15) is 8.42 Å². The lowest BCUT2D eigenvalue weighted by atomic mass is 10.4. The molecule has 0 aromatic carbocycles. The Morgan fingerprint density at radius 1 is 1.57 bits per heavy atom. The van der Waals surface area contributed by atoms with Crippen molar-refractivity contribution in [2.24, 2.45) is 0 Å². The molecule has 0 saturated heterocycles. The SMILES string of the molecule is CCN(C)S(=O)(=O)c1cc(C)c(Br)s1. The molecule has 0 saturated carbocycles. The van der Waals surface area contributed by atoms with Gasteiger partial charge in [0.1, 0.15) is 4.21 Å². The Hall–Kier alpha value is 0.0900. The summed E-state index contributed by atoms with van der Waals surface area (Å²) in [5.74, 6) is 0. The second-order valence-corrected chi connectivity index (χ2v) is 7.58. The molecule has 1 aromatic rings. The van der Waals surface area contributed by atoms with E-state index in [0.717, 1.165) is 9.35 Å². The maximum atomic E-state index is 11.8. The topological polar surface area (TPSA) is 37.4 Å². The second-order valence-electron chi connectivity index (χ2n) is 2.94. The molecule has 1 aromatic heterocycles. The normalized spacial score (nSPS) is 12.4. The van der Waals surface area contributed by atoms with Crippen molar-refractivity contribution in [3.05, 3.63) is 15.4 Å². The first-order valence-corrected chi connectivity index (χ1v) is 7.16. The molecule has 0 radical (unpaired) electrons. The van der Waals surface area contributed by atoms with Gasteiger partial charge >= 0.3 is 0 Å². The van der Waals surface area contributed by atoms with Crippen LogP contribution in [0.2, 0.25) is 0 Å². The molecule has 80 valence electrons. The molecule has 0 aliphatic carbocycles. The van der Waals surface area contributed by atoms with Crippen molar-refractivity contribution in [1.29, 1.82) is 0 Å². The van der Waals surface area contributed by atoms with E-state index in [4.69, 9.17) is 0 Å². The summed E-state index contributed by atoms with van der Waals surface area (Å²) in [7, 11) is -1.69. The maximum absolute atomic E-state index is 11.8. The largest absolute Gasteiger partial charge is 0.252 e. The van der Waals surface area contributed by atoms with E-state index in [1.54, 1.807) is 13.1 Å². The van der Waals surface area contributed by atoms with Gasteiger partial charge in [-0.25, -0.2) is 12.7 Å². The summed E-state index contributed by atoms with van der Waals surface area (Å²) >= 11 is 4.57. The highest BCUT2D eigenvalue weighted by Gasteiger charge is 2.22. The van der Waals surface area contributed by atoms with Crippen LogP contribution in [0.3, 0.4) is 0 Å². The lowest BCUT2D eigenvalue weighted by molar-refractivity contribution is 0.488. The number of thiophene rings is 1. The first kappa shape index (κ1) is 12.2. The van der Waals surface area contributed by atoms with Crippen LogP contribution in [0.15, 0.2) is 14.1 Å². The molecular formula is C8H12BrNO2S2. The number of halogens is 1. The Morgan fingerprint density at radius 2 is 2.14 bits per heavy atom. The van der Waals surface area contributed by atoms with Gasteiger partial charge in [0.25, 0.3) is 10.0 Å². The number of sulfonamides is 1. The molecule has 0 amide bonds. The van der Waals surface area contributed by atoms with E-state index >= 15 is 0 Å². The monoisotopic (exact) mass is 297 g/mol. The lowest BCUT2D eigenvalue weighted by Gasteiger charge is -2.12. The summed E-state index contributed by atoms with van der Waals surface area (Å²) in [6.07, 6.45) is 0. The number of nitrogens with zero attached hydrogens (tertiary/aromatic N) is 1. The molecular weight excluding hydrogens is 286 g/mol. The Bertz CT molecular complexity index is 405. The average Bonchev–Trinajstić information content (AvgIpc) is 2.46. The summed E-state index contributed by atoms with van der Waals surface area (Å²) in [4.78, 5) is 0. The van der Waals surface area contributed by atoms with Gasteiger partial charge in [0.2, 0.25) is 0 Å².